The van der Waals surface area contributed by atoms with Gasteiger partial charge in [-0.05, 0) is 25.0 Å². The van der Waals surface area contributed by atoms with Gasteiger partial charge in [-0.3, -0.25) is 9.59 Å². The molecule has 2 aliphatic rings. The van der Waals surface area contributed by atoms with Crippen molar-refractivity contribution in [3.05, 3.63) is 30.3 Å². The Morgan fingerprint density at radius 1 is 1.08 bits per heavy atom. The molecule has 2 fully saturated rings. The summed E-state index contributed by atoms with van der Waals surface area (Å²) in [6.45, 7) is 3.54. The minimum absolute atomic E-state index is 0.0637. The Morgan fingerprint density at radius 3 is 2.38 bits per heavy atom. The van der Waals surface area contributed by atoms with E-state index in [0.717, 1.165) is 0 Å². The van der Waals surface area contributed by atoms with Gasteiger partial charge in [0.1, 0.15) is 18.0 Å². The zero-order valence-corrected chi connectivity index (χ0v) is 13.9. The van der Waals surface area contributed by atoms with Crippen LogP contribution in [0.2, 0.25) is 0 Å². The van der Waals surface area contributed by atoms with Crippen LogP contribution in [0, 0.1) is 5.92 Å². The van der Waals surface area contributed by atoms with E-state index in [0.29, 0.717) is 44.8 Å². The van der Waals surface area contributed by atoms with Gasteiger partial charge in [0.15, 0.2) is 0 Å². The Hall–Kier alpha value is -2.08. The molecule has 1 aromatic rings. The molecule has 2 saturated heterocycles. The third-order valence-electron chi connectivity index (χ3n) is 4.87. The molecule has 0 radical (unpaired) electrons. The summed E-state index contributed by atoms with van der Waals surface area (Å²) in [5.41, 5.74) is 0. The zero-order valence-electron chi connectivity index (χ0n) is 13.9. The predicted octanol–water partition coefficient (Wildman–Crippen LogP) is 0.896. The number of amides is 2. The quantitative estimate of drug-likeness (QED) is 0.893. The summed E-state index contributed by atoms with van der Waals surface area (Å²) in [5, 5.41) is 10.2. The maximum Gasteiger partial charge on any atom is 0.226 e. The number of aliphatic hydroxyl groups is 1. The number of nitrogens with zero attached hydrogens (tertiary/aromatic N) is 2. The molecular formula is C18H24N2O4. The van der Waals surface area contributed by atoms with Crippen LogP contribution in [0.5, 0.6) is 5.75 Å². The number of benzene rings is 1. The first-order valence-corrected chi connectivity index (χ1v) is 8.48. The average Bonchev–Trinajstić information content (AvgIpc) is 2.96. The molecule has 2 atom stereocenters. The Kier molecular flexibility index (Phi) is 5.04. The number of aliphatic hydroxyl groups excluding tert-OH is 1. The van der Waals surface area contributed by atoms with Crippen LogP contribution in [0.1, 0.15) is 19.8 Å². The van der Waals surface area contributed by atoms with Gasteiger partial charge < -0.3 is 19.6 Å². The highest BCUT2D eigenvalue weighted by molar-refractivity contribution is 5.80. The average molecular weight is 332 g/mol. The lowest BCUT2D eigenvalue weighted by atomic mass is 9.95. The number of piperidine rings is 1. The highest BCUT2D eigenvalue weighted by Gasteiger charge is 2.38. The van der Waals surface area contributed by atoms with Crippen molar-refractivity contribution in [2.45, 2.75) is 32.0 Å². The lowest BCUT2D eigenvalue weighted by Crippen LogP contribution is -2.43. The molecular weight excluding hydrogens is 308 g/mol. The van der Waals surface area contributed by atoms with E-state index in [1.54, 1.807) is 16.7 Å². The van der Waals surface area contributed by atoms with Crippen molar-refractivity contribution in [3.63, 3.8) is 0 Å². The van der Waals surface area contributed by atoms with E-state index in [1.807, 2.05) is 30.3 Å². The number of hydrogen-bond donors (Lipinski definition) is 1. The third-order valence-corrected chi connectivity index (χ3v) is 4.87. The van der Waals surface area contributed by atoms with Crippen LogP contribution >= 0.6 is 0 Å². The normalized spacial score (nSPS) is 24.9. The summed E-state index contributed by atoms with van der Waals surface area (Å²) in [6, 6.07) is 9.34. The summed E-state index contributed by atoms with van der Waals surface area (Å²) in [6.07, 6.45) is 0.310. The van der Waals surface area contributed by atoms with Gasteiger partial charge in [0.2, 0.25) is 11.8 Å². The molecule has 6 nitrogen and oxygen atoms in total. The van der Waals surface area contributed by atoms with E-state index in [4.69, 9.17) is 4.74 Å². The molecule has 1 aromatic carbocycles. The third kappa shape index (κ3) is 3.70. The fourth-order valence-corrected chi connectivity index (χ4v) is 3.43. The summed E-state index contributed by atoms with van der Waals surface area (Å²) in [5.74, 6) is 0.763. The molecule has 2 heterocycles. The van der Waals surface area contributed by atoms with Crippen molar-refractivity contribution < 1.29 is 19.4 Å². The Bertz CT molecular complexity index is 584. The van der Waals surface area contributed by atoms with Gasteiger partial charge in [0.05, 0.1) is 13.1 Å². The van der Waals surface area contributed by atoms with E-state index < -0.39 is 12.2 Å². The molecule has 6 heteroatoms. The highest BCUT2D eigenvalue weighted by atomic mass is 16.5. The van der Waals surface area contributed by atoms with Crippen molar-refractivity contribution in [3.8, 4) is 5.75 Å². The molecule has 0 aromatic heterocycles. The molecule has 2 amide bonds. The van der Waals surface area contributed by atoms with Crippen LogP contribution in [-0.2, 0) is 9.59 Å². The molecule has 0 bridgehead atoms. The largest absolute Gasteiger partial charge is 0.486 e. The topological polar surface area (TPSA) is 70.1 Å². The fraction of sp³-hybridized carbons (Fsp3) is 0.556. The molecule has 24 heavy (non-hydrogen) atoms. The molecule has 3 rings (SSSR count). The van der Waals surface area contributed by atoms with Crippen molar-refractivity contribution in [1.29, 1.82) is 0 Å². The van der Waals surface area contributed by atoms with E-state index in [-0.39, 0.29) is 17.7 Å². The highest BCUT2D eigenvalue weighted by Crippen LogP contribution is 2.24. The Balaban J connectivity index is 1.54. The van der Waals surface area contributed by atoms with E-state index in [2.05, 4.69) is 0 Å². The number of carbonyl (C=O) groups excluding carboxylic acids is 2. The van der Waals surface area contributed by atoms with Crippen molar-refractivity contribution in [1.82, 2.24) is 9.80 Å². The molecule has 0 unspecified atom stereocenters. The first kappa shape index (κ1) is 16.8. The summed E-state index contributed by atoms with van der Waals surface area (Å²) >= 11 is 0. The van der Waals surface area contributed by atoms with Crippen molar-refractivity contribution in [2.75, 3.05) is 26.2 Å². The molecule has 0 saturated carbocycles. The maximum atomic E-state index is 12.7. The van der Waals surface area contributed by atoms with Gasteiger partial charge in [-0.2, -0.15) is 0 Å². The molecule has 0 spiro atoms. The van der Waals surface area contributed by atoms with E-state index in [9.17, 15) is 14.7 Å². The number of hydrogen-bond acceptors (Lipinski definition) is 4. The standard InChI is InChI=1S/C18H24N2O4/c1-13(21)19-9-7-14(8-10-19)18(23)20-11-16(22)17(12-20)24-15-5-3-2-4-6-15/h2-6,14,16-17,22H,7-12H2,1H3/t16-,17-/m1/s1. The number of para-hydroxylation sites is 1. The summed E-state index contributed by atoms with van der Waals surface area (Å²) in [4.78, 5) is 27.5. The second-order valence-electron chi connectivity index (χ2n) is 6.56. The first-order chi connectivity index (χ1) is 11.5. The lowest BCUT2D eigenvalue weighted by molar-refractivity contribution is -0.139. The van der Waals surface area contributed by atoms with Gasteiger partial charge >= 0.3 is 0 Å². The van der Waals surface area contributed by atoms with E-state index in [1.165, 1.54) is 0 Å². The molecule has 1 N–H and O–H groups in total. The second kappa shape index (κ2) is 7.21. The van der Waals surface area contributed by atoms with Crippen LogP contribution in [-0.4, -0.2) is 65.1 Å². The summed E-state index contributed by atoms with van der Waals surface area (Å²) < 4.78 is 5.81. The van der Waals surface area contributed by atoms with Gasteiger partial charge in [-0.1, -0.05) is 18.2 Å². The van der Waals surface area contributed by atoms with Crippen LogP contribution in [0.15, 0.2) is 30.3 Å². The minimum atomic E-state index is -0.675. The van der Waals surface area contributed by atoms with Gasteiger partial charge in [-0.25, -0.2) is 0 Å². The van der Waals surface area contributed by atoms with Crippen LogP contribution in [0.3, 0.4) is 0 Å². The monoisotopic (exact) mass is 332 g/mol. The van der Waals surface area contributed by atoms with Crippen molar-refractivity contribution >= 4 is 11.8 Å². The van der Waals surface area contributed by atoms with E-state index >= 15 is 0 Å². The number of likely N-dealkylation sites (tertiary alicyclic amines) is 2. The number of carbonyl (C=O) groups is 2. The Labute approximate surface area is 142 Å². The second-order valence-corrected chi connectivity index (χ2v) is 6.56. The maximum absolute atomic E-state index is 12.7. The van der Waals surface area contributed by atoms with Gasteiger partial charge in [0.25, 0.3) is 0 Å². The first-order valence-electron chi connectivity index (χ1n) is 8.48. The summed E-state index contributed by atoms with van der Waals surface area (Å²) in [7, 11) is 0. The smallest absolute Gasteiger partial charge is 0.226 e. The number of β-amino-alcohol motifs (C(OH)–C–C–N with tert-alkyl or cyclic N) is 1. The van der Waals surface area contributed by atoms with Crippen LogP contribution < -0.4 is 4.74 Å². The zero-order chi connectivity index (χ0) is 17.1. The minimum Gasteiger partial charge on any atom is -0.486 e. The molecule has 130 valence electrons. The fourth-order valence-electron chi connectivity index (χ4n) is 3.43. The molecule has 2 aliphatic heterocycles. The van der Waals surface area contributed by atoms with Gasteiger partial charge in [0, 0.05) is 25.9 Å². The number of rotatable bonds is 3. The predicted molar refractivity (Wildman–Crippen MR) is 88.4 cm³/mol. The molecule has 0 aliphatic carbocycles. The SMILES string of the molecule is CC(=O)N1CCC(C(=O)N2C[C@@H](O)[C@H](Oc3ccccc3)C2)CC1. The lowest BCUT2D eigenvalue weighted by Gasteiger charge is -2.32. The van der Waals surface area contributed by atoms with Gasteiger partial charge in [-0.15, -0.1) is 0 Å². The Morgan fingerprint density at radius 2 is 1.75 bits per heavy atom. The van der Waals surface area contributed by atoms with Crippen molar-refractivity contribution in [2.24, 2.45) is 5.92 Å². The number of ether oxygens (including phenoxy) is 1. The van der Waals surface area contributed by atoms with Crippen LogP contribution in [0.4, 0.5) is 0 Å². The van der Waals surface area contributed by atoms with Crippen LogP contribution in [0.25, 0.3) is 0 Å².